The molecule has 0 fully saturated rings. The number of rotatable bonds is 0. The van der Waals surface area contributed by atoms with E-state index in [-0.39, 0.29) is 11.3 Å². The molecular weight excluding hydrogens is 156 g/mol. The molecule has 4 nitrogen and oxygen atoms in total. The number of anilines is 1. The molecule has 0 saturated carbocycles. The van der Waals surface area contributed by atoms with Gasteiger partial charge in [0.15, 0.2) is 5.78 Å². The van der Waals surface area contributed by atoms with Gasteiger partial charge in [0.1, 0.15) is 5.82 Å². The number of nitrogens with one attached hydrogen (secondary N) is 1. The number of Topliss-reactive ketones (excluding diaryl/α,β-unsaturated/α-hetero) is 1. The predicted octanol–water partition coefficient (Wildman–Crippen LogP) is 0.0860. The first-order valence-corrected chi connectivity index (χ1v) is 3.73. The molecular formula is C8H8N2O2. The minimum absolute atomic E-state index is 0.0775. The van der Waals surface area contributed by atoms with E-state index in [9.17, 15) is 9.59 Å². The van der Waals surface area contributed by atoms with Gasteiger partial charge < -0.3 is 10.7 Å². The molecule has 1 aliphatic rings. The van der Waals surface area contributed by atoms with Crippen molar-refractivity contribution in [2.75, 3.05) is 5.73 Å². The highest BCUT2D eigenvalue weighted by Gasteiger charge is 2.22. The maximum absolute atomic E-state index is 11.2. The Balaban J connectivity index is 2.77. The lowest BCUT2D eigenvalue weighted by atomic mass is 10.2. The molecule has 0 radical (unpaired) electrons. The molecule has 0 amide bonds. The quantitative estimate of drug-likeness (QED) is 0.570. The zero-order valence-corrected chi connectivity index (χ0v) is 6.39. The summed E-state index contributed by atoms with van der Waals surface area (Å²) in [6.07, 6.45) is 1.07. The highest BCUT2D eigenvalue weighted by atomic mass is 16.1. The molecule has 1 aliphatic carbocycles. The number of hydrogen-bond donors (Lipinski definition) is 2. The first kappa shape index (κ1) is 7.09. The van der Waals surface area contributed by atoms with Crippen molar-refractivity contribution in [3.63, 3.8) is 0 Å². The normalized spacial score (nSPS) is 14.8. The van der Waals surface area contributed by atoms with Gasteiger partial charge in [0, 0.05) is 6.42 Å². The Morgan fingerprint density at radius 2 is 2.08 bits per heavy atom. The summed E-state index contributed by atoms with van der Waals surface area (Å²) in [4.78, 5) is 24.7. The Morgan fingerprint density at radius 3 is 2.83 bits per heavy atom. The topological polar surface area (TPSA) is 76.0 Å². The van der Waals surface area contributed by atoms with Crippen LogP contribution < -0.4 is 11.3 Å². The molecule has 0 aromatic carbocycles. The molecule has 0 aliphatic heterocycles. The summed E-state index contributed by atoms with van der Waals surface area (Å²) in [5.74, 6) is 0.250. The number of carbonyl (C=O) groups excluding carboxylic acids is 1. The largest absolute Gasteiger partial charge is 0.385 e. The Morgan fingerprint density at radius 1 is 1.33 bits per heavy atom. The number of aryl methyl sites for hydroxylation is 1. The van der Waals surface area contributed by atoms with E-state index in [1.54, 1.807) is 6.07 Å². The highest BCUT2D eigenvalue weighted by molar-refractivity contribution is 6.00. The summed E-state index contributed by atoms with van der Waals surface area (Å²) < 4.78 is 0. The summed E-state index contributed by atoms with van der Waals surface area (Å²) >= 11 is 0. The van der Waals surface area contributed by atoms with Crippen LogP contribution in [0.15, 0.2) is 10.9 Å². The number of fused-ring (bicyclic) bond motifs is 1. The van der Waals surface area contributed by atoms with Crippen molar-refractivity contribution in [1.82, 2.24) is 4.98 Å². The summed E-state index contributed by atoms with van der Waals surface area (Å²) in [5, 5.41) is 0. The number of nitrogen functional groups attached to an aromatic ring is 1. The number of pyridine rings is 1. The highest BCUT2D eigenvalue weighted by Crippen LogP contribution is 2.18. The number of carbonyl (C=O) groups is 1. The molecule has 3 N–H and O–H groups in total. The average molecular weight is 164 g/mol. The van der Waals surface area contributed by atoms with Crippen molar-refractivity contribution in [3.05, 3.63) is 27.5 Å². The van der Waals surface area contributed by atoms with Gasteiger partial charge in [-0.25, -0.2) is 0 Å². The fraction of sp³-hybridized carbons (Fsp3) is 0.250. The molecule has 1 heterocycles. The summed E-state index contributed by atoms with van der Waals surface area (Å²) in [6, 6.07) is 1.65. The van der Waals surface area contributed by atoms with E-state index < -0.39 is 0 Å². The average Bonchev–Trinajstić information content (AvgIpc) is 2.31. The number of nitrogens with two attached hydrogens (primary N) is 1. The molecule has 0 unspecified atom stereocenters. The van der Waals surface area contributed by atoms with Gasteiger partial charge in [-0.3, -0.25) is 9.59 Å². The van der Waals surface area contributed by atoms with E-state index >= 15 is 0 Å². The maximum Gasteiger partial charge on any atom is 0.260 e. The molecule has 4 heteroatoms. The molecule has 0 spiro atoms. The monoisotopic (exact) mass is 164 g/mol. The van der Waals surface area contributed by atoms with Crippen LogP contribution in [0.3, 0.4) is 0 Å². The summed E-state index contributed by atoms with van der Waals surface area (Å²) in [7, 11) is 0. The third-order valence-corrected chi connectivity index (χ3v) is 2.04. The third kappa shape index (κ3) is 0.845. The molecule has 1 aromatic rings. The van der Waals surface area contributed by atoms with Gasteiger partial charge in [0.05, 0.1) is 5.56 Å². The zero-order valence-electron chi connectivity index (χ0n) is 6.39. The molecule has 0 bridgehead atoms. The number of ketones is 1. The first-order chi connectivity index (χ1) is 5.68. The lowest BCUT2D eigenvalue weighted by molar-refractivity contribution is 0.0993. The van der Waals surface area contributed by atoms with Crippen LogP contribution in [0, 0.1) is 0 Å². The number of H-pyrrole nitrogens is 1. The second-order valence-electron chi connectivity index (χ2n) is 2.88. The molecule has 2 rings (SSSR count). The van der Waals surface area contributed by atoms with Crippen molar-refractivity contribution < 1.29 is 4.79 Å². The molecule has 0 saturated heterocycles. The number of hydrogen-bond acceptors (Lipinski definition) is 3. The van der Waals surface area contributed by atoms with Gasteiger partial charge in [-0.15, -0.1) is 0 Å². The molecule has 1 aromatic heterocycles. The van der Waals surface area contributed by atoms with Crippen LogP contribution in [-0.2, 0) is 6.42 Å². The van der Waals surface area contributed by atoms with Crippen molar-refractivity contribution in [2.24, 2.45) is 0 Å². The minimum Gasteiger partial charge on any atom is -0.385 e. The van der Waals surface area contributed by atoms with Crippen LogP contribution >= 0.6 is 0 Å². The van der Waals surface area contributed by atoms with Crippen molar-refractivity contribution in [1.29, 1.82) is 0 Å². The first-order valence-electron chi connectivity index (χ1n) is 3.73. The van der Waals surface area contributed by atoms with Crippen LogP contribution in [0.1, 0.15) is 22.3 Å². The van der Waals surface area contributed by atoms with E-state index in [1.165, 1.54) is 0 Å². The van der Waals surface area contributed by atoms with Crippen LogP contribution in [0.4, 0.5) is 5.82 Å². The van der Waals surface area contributed by atoms with E-state index in [4.69, 9.17) is 5.73 Å². The van der Waals surface area contributed by atoms with E-state index in [0.29, 0.717) is 24.2 Å². The zero-order chi connectivity index (χ0) is 8.72. The number of aromatic nitrogens is 1. The van der Waals surface area contributed by atoms with Crippen molar-refractivity contribution in [3.8, 4) is 0 Å². The lowest BCUT2D eigenvalue weighted by Gasteiger charge is -1.97. The van der Waals surface area contributed by atoms with Gasteiger partial charge in [-0.05, 0) is 18.1 Å². The summed E-state index contributed by atoms with van der Waals surface area (Å²) in [6.45, 7) is 0. The van der Waals surface area contributed by atoms with Crippen molar-refractivity contribution in [2.45, 2.75) is 12.8 Å². The smallest absolute Gasteiger partial charge is 0.260 e. The number of aromatic amines is 1. The van der Waals surface area contributed by atoms with E-state index in [0.717, 1.165) is 5.56 Å². The second-order valence-corrected chi connectivity index (χ2v) is 2.88. The van der Waals surface area contributed by atoms with Crippen molar-refractivity contribution >= 4 is 11.6 Å². The standard InChI is InChI=1S/C8H8N2O2/c9-6-3-4-1-2-5(11)7(4)8(12)10-6/h3H,1-2H2,(H3,9,10,12). The van der Waals surface area contributed by atoms with Crippen LogP contribution in [0.5, 0.6) is 0 Å². The second kappa shape index (κ2) is 2.20. The molecule has 12 heavy (non-hydrogen) atoms. The fourth-order valence-corrected chi connectivity index (χ4v) is 1.51. The van der Waals surface area contributed by atoms with E-state index in [2.05, 4.69) is 4.98 Å². The van der Waals surface area contributed by atoms with Gasteiger partial charge >= 0.3 is 0 Å². The Bertz CT molecular complexity index is 406. The maximum atomic E-state index is 11.2. The Labute approximate surface area is 68.4 Å². The molecule has 62 valence electrons. The molecule has 0 atom stereocenters. The van der Waals surface area contributed by atoms with Gasteiger partial charge in [0.2, 0.25) is 0 Å². The third-order valence-electron chi connectivity index (χ3n) is 2.04. The Kier molecular flexibility index (Phi) is 1.30. The SMILES string of the molecule is Nc1cc2c(c(=O)[nH]1)C(=O)CC2. The lowest BCUT2D eigenvalue weighted by Crippen LogP contribution is -2.16. The van der Waals surface area contributed by atoms with Crippen LogP contribution in [0.2, 0.25) is 0 Å². The van der Waals surface area contributed by atoms with Crippen LogP contribution in [0.25, 0.3) is 0 Å². The van der Waals surface area contributed by atoms with Crippen LogP contribution in [-0.4, -0.2) is 10.8 Å². The minimum atomic E-state index is -0.354. The van der Waals surface area contributed by atoms with E-state index in [1.807, 2.05) is 0 Å². The van der Waals surface area contributed by atoms with Gasteiger partial charge in [-0.1, -0.05) is 0 Å². The van der Waals surface area contributed by atoms with Gasteiger partial charge in [-0.2, -0.15) is 0 Å². The summed E-state index contributed by atoms with van der Waals surface area (Å²) in [5.41, 5.74) is 6.13. The fourth-order valence-electron chi connectivity index (χ4n) is 1.51. The Hall–Kier alpha value is -1.58. The predicted molar refractivity (Wildman–Crippen MR) is 44.1 cm³/mol. The van der Waals surface area contributed by atoms with Gasteiger partial charge in [0.25, 0.3) is 5.56 Å².